The SMILES string of the molecule is COCCN1C(=O)C(C)NC1c1ccc(F)c(F)c1. The molecule has 0 saturated carbocycles. The second-order valence-corrected chi connectivity index (χ2v) is 4.49. The predicted octanol–water partition coefficient (Wildman–Crippen LogP) is 1.43. The minimum atomic E-state index is -0.919. The minimum Gasteiger partial charge on any atom is -0.383 e. The van der Waals surface area contributed by atoms with Crippen molar-refractivity contribution in [3.8, 4) is 0 Å². The van der Waals surface area contributed by atoms with E-state index in [1.165, 1.54) is 6.07 Å². The topological polar surface area (TPSA) is 41.6 Å². The van der Waals surface area contributed by atoms with Gasteiger partial charge in [0.2, 0.25) is 5.91 Å². The molecule has 1 N–H and O–H groups in total. The fraction of sp³-hybridized carbons (Fsp3) is 0.462. The van der Waals surface area contributed by atoms with Gasteiger partial charge in [0.25, 0.3) is 0 Å². The van der Waals surface area contributed by atoms with Gasteiger partial charge in [0.1, 0.15) is 6.17 Å². The van der Waals surface area contributed by atoms with Gasteiger partial charge in [-0.3, -0.25) is 10.1 Å². The molecule has 2 rings (SSSR count). The van der Waals surface area contributed by atoms with Crippen LogP contribution in [0.4, 0.5) is 8.78 Å². The third kappa shape index (κ3) is 2.74. The molecule has 2 atom stereocenters. The van der Waals surface area contributed by atoms with Crippen molar-refractivity contribution in [1.82, 2.24) is 10.2 Å². The molecule has 1 heterocycles. The Hall–Kier alpha value is -1.53. The van der Waals surface area contributed by atoms with E-state index in [2.05, 4.69) is 5.32 Å². The van der Waals surface area contributed by atoms with Gasteiger partial charge in [-0.25, -0.2) is 8.78 Å². The highest BCUT2D eigenvalue weighted by molar-refractivity contribution is 5.84. The molecule has 6 heteroatoms. The monoisotopic (exact) mass is 270 g/mol. The smallest absolute Gasteiger partial charge is 0.241 e. The molecule has 4 nitrogen and oxygen atoms in total. The van der Waals surface area contributed by atoms with E-state index in [4.69, 9.17) is 4.74 Å². The average Bonchev–Trinajstić information content (AvgIpc) is 2.67. The van der Waals surface area contributed by atoms with E-state index in [9.17, 15) is 13.6 Å². The molecule has 1 aromatic carbocycles. The Morgan fingerprint density at radius 3 is 2.74 bits per heavy atom. The van der Waals surface area contributed by atoms with Crippen LogP contribution in [0.25, 0.3) is 0 Å². The van der Waals surface area contributed by atoms with Crippen molar-refractivity contribution in [2.75, 3.05) is 20.3 Å². The Balaban J connectivity index is 2.25. The summed E-state index contributed by atoms with van der Waals surface area (Å²) in [6.07, 6.45) is -0.451. The summed E-state index contributed by atoms with van der Waals surface area (Å²) in [5.74, 6) is -1.89. The number of benzene rings is 1. The van der Waals surface area contributed by atoms with Crippen LogP contribution in [0.1, 0.15) is 18.7 Å². The Morgan fingerprint density at radius 1 is 1.37 bits per heavy atom. The van der Waals surface area contributed by atoms with Gasteiger partial charge in [0.15, 0.2) is 11.6 Å². The highest BCUT2D eigenvalue weighted by Gasteiger charge is 2.36. The molecule has 0 radical (unpaired) electrons. The molecule has 1 fully saturated rings. The molecule has 104 valence electrons. The molecule has 1 aromatic rings. The van der Waals surface area contributed by atoms with Crippen LogP contribution >= 0.6 is 0 Å². The molecule has 0 aliphatic carbocycles. The zero-order valence-electron chi connectivity index (χ0n) is 10.8. The van der Waals surface area contributed by atoms with E-state index in [-0.39, 0.29) is 11.9 Å². The Kier molecular flexibility index (Phi) is 4.11. The van der Waals surface area contributed by atoms with Crippen molar-refractivity contribution in [3.63, 3.8) is 0 Å². The number of amides is 1. The van der Waals surface area contributed by atoms with Gasteiger partial charge in [0, 0.05) is 13.7 Å². The normalized spacial score (nSPS) is 23.2. The maximum absolute atomic E-state index is 13.3. The van der Waals surface area contributed by atoms with Crippen molar-refractivity contribution in [2.24, 2.45) is 0 Å². The van der Waals surface area contributed by atoms with Crippen molar-refractivity contribution >= 4 is 5.91 Å². The Bertz CT molecular complexity index is 482. The second kappa shape index (κ2) is 5.63. The summed E-state index contributed by atoms with van der Waals surface area (Å²) < 4.78 is 31.2. The van der Waals surface area contributed by atoms with Gasteiger partial charge in [-0.15, -0.1) is 0 Å². The fourth-order valence-electron chi connectivity index (χ4n) is 2.16. The zero-order valence-corrected chi connectivity index (χ0v) is 10.8. The Labute approximate surface area is 110 Å². The molecule has 0 spiro atoms. The summed E-state index contributed by atoms with van der Waals surface area (Å²) in [7, 11) is 1.55. The highest BCUT2D eigenvalue weighted by atomic mass is 19.2. The summed E-state index contributed by atoms with van der Waals surface area (Å²) in [6, 6.07) is 3.29. The summed E-state index contributed by atoms with van der Waals surface area (Å²) in [6.45, 7) is 2.53. The summed E-state index contributed by atoms with van der Waals surface area (Å²) in [4.78, 5) is 13.6. The molecule has 0 aromatic heterocycles. The van der Waals surface area contributed by atoms with Gasteiger partial charge in [-0.05, 0) is 24.6 Å². The zero-order chi connectivity index (χ0) is 14.0. The first kappa shape index (κ1) is 13.9. The molecule has 2 unspecified atom stereocenters. The molecule has 1 aliphatic rings. The summed E-state index contributed by atoms with van der Waals surface area (Å²) in [5, 5.41) is 3.06. The number of rotatable bonds is 4. The molecule has 1 amide bonds. The number of nitrogens with zero attached hydrogens (tertiary/aromatic N) is 1. The molecule has 0 bridgehead atoms. The summed E-state index contributed by atoms with van der Waals surface area (Å²) in [5.41, 5.74) is 0.521. The average molecular weight is 270 g/mol. The number of hydrogen-bond acceptors (Lipinski definition) is 3. The minimum absolute atomic E-state index is 0.0771. The Morgan fingerprint density at radius 2 is 2.11 bits per heavy atom. The van der Waals surface area contributed by atoms with Crippen LogP contribution in [0.3, 0.4) is 0 Å². The van der Waals surface area contributed by atoms with Crippen molar-refractivity contribution in [1.29, 1.82) is 0 Å². The lowest BCUT2D eigenvalue weighted by Gasteiger charge is -2.24. The molecule has 1 saturated heterocycles. The highest BCUT2D eigenvalue weighted by Crippen LogP contribution is 2.26. The third-order valence-corrected chi connectivity index (χ3v) is 3.17. The lowest BCUT2D eigenvalue weighted by Crippen LogP contribution is -2.33. The van der Waals surface area contributed by atoms with Gasteiger partial charge in [-0.1, -0.05) is 6.07 Å². The van der Waals surface area contributed by atoms with Crippen LogP contribution in [0, 0.1) is 11.6 Å². The van der Waals surface area contributed by atoms with Crippen LogP contribution in [-0.2, 0) is 9.53 Å². The van der Waals surface area contributed by atoms with Crippen molar-refractivity contribution in [3.05, 3.63) is 35.4 Å². The molecular weight excluding hydrogens is 254 g/mol. The lowest BCUT2D eigenvalue weighted by atomic mass is 10.1. The number of nitrogens with one attached hydrogen (secondary N) is 1. The standard InChI is InChI=1S/C13H16F2N2O2/c1-8-13(18)17(5-6-19-2)12(16-8)9-3-4-10(14)11(15)7-9/h3-4,7-8,12,16H,5-6H2,1-2H3. The number of carbonyl (C=O) groups is 1. The van der Waals surface area contributed by atoms with E-state index in [0.29, 0.717) is 18.7 Å². The maximum atomic E-state index is 13.3. The number of halogens is 2. The molecule has 1 aliphatic heterocycles. The van der Waals surface area contributed by atoms with E-state index >= 15 is 0 Å². The van der Waals surface area contributed by atoms with Crippen LogP contribution in [-0.4, -0.2) is 37.1 Å². The lowest BCUT2D eigenvalue weighted by molar-refractivity contribution is -0.130. The van der Waals surface area contributed by atoms with Crippen molar-refractivity contribution < 1.29 is 18.3 Å². The van der Waals surface area contributed by atoms with Crippen molar-refractivity contribution in [2.45, 2.75) is 19.1 Å². The molecule has 19 heavy (non-hydrogen) atoms. The number of ether oxygens (including phenoxy) is 1. The summed E-state index contributed by atoms with van der Waals surface area (Å²) >= 11 is 0. The molecular formula is C13H16F2N2O2. The first-order chi connectivity index (χ1) is 9.04. The van der Waals surface area contributed by atoms with Crippen LogP contribution < -0.4 is 5.32 Å². The van der Waals surface area contributed by atoms with E-state index in [0.717, 1.165) is 12.1 Å². The quantitative estimate of drug-likeness (QED) is 0.900. The first-order valence-electron chi connectivity index (χ1n) is 6.05. The number of methoxy groups -OCH3 is 1. The van der Waals surface area contributed by atoms with E-state index in [1.54, 1.807) is 18.9 Å². The van der Waals surface area contributed by atoms with Gasteiger partial charge >= 0.3 is 0 Å². The van der Waals surface area contributed by atoms with E-state index < -0.39 is 17.8 Å². The predicted molar refractivity (Wildman–Crippen MR) is 65.3 cm³/mol. The van der Waals surface area contributed by atoms with Gasteiger partial charge in [0.05, 0.1) is 12.6 Å². The number of hydrogen-bond donors (Lipinski definition) is 1. The second-order valence-electron chi connectivity index (χ2n) is 4.49. The first-order valence-corrected chi connectivity index (χ1v) is 6.05. The van der Waals surface area contributed by atoms with Gasteiger partial charge in [-0.2, -0.15) is 0 Å². The van der Waals surface area contributed by atoms with E-state index in [1.807, 2.05) is 0 Å². The van der Waals surface area contributed by atoms with Gasteiger partial charge < -0.3 is 9.64 Å². The number of carbonyl (C=O) groups excluding carboxylic acids is 1. The largest absolute Gasteiger partial charge is 0.383 e. The van der Waals surface area contributed by atoms with Crippen LogP contribution in [0.2, 0.25) is 0 Å². The van der Waals surface area contributed by atoms with Crippen LogP contribution in [0.5, 0.6) is 0 Å². The maximum Gasteiger partial charge on any atom is 0.241 e. The third-order valence-electron chi connectivity index (χ3n) is 3.17. The van der Waals surface area contributed by atoms with Crippen LogP contribution in [0.15, 0.2) is 18.2 Å². The fourth-order valence-corrected chi connectivity index (χ4v) is 2.16.